The fourth-order valence-electron chi connectivity index (χ4n) is 3.88. The third kappa shape index (κ3) is 4.71. The van der Waals surface area contributed by atoms with E-state index < -0.39 is 19.9 Å². The number of fused-ring (bicyclic) bond motifs is 1. The molecule has 1 atom stereocenters. The van der Waals surface area contributed by atoms with Crippen molar-refractivity contribution in [2.75, 3.05) is 0 Å². The Kier molecular flexibility index (Phi) is 7.27. The zero-order chi connectivity index (χ0) is 22.3. The SMILES string of the molecule is CC[Si](CC)(CC)O[C@@](C#N)(C(=O)OCc1ccccc1)c1ccc2ccccc2c1. The lowest BCUT2D eigenvalue weighted by molar-refractivity contribution is -0.160. The van der Waals surface area contributed by atoms with Crippen molar-refractivity contribution in [3.05, 3.63) is 83.9 Å². The number of nitriles is 1. The quantitative estimate of drug-likeness (QED) is 0.294. The normalized spacial score (nSPS) is 13.4. The van der Waals surface area contributed by atoms with Crippen LogP contribution in [0.25, 0.3) is 10.8 Å². The molecule has 0 heterocycles. The van der Waals surface area contributed by atoms with Gasteiger partial charge in [-0.3, -0.25) is 0 Å². The summed E-state index contributed by atoms with van der Waals surface area (Å²) in [5, 5.41) is 12.4. The first-order chi connectivity index (χ1) is 15.0. The van der Waals surface area contributed by atoms with Gasteiger partial charge >= 0.3 is 5.97 Å². The topological polar surface area (TPSA) is 59.3 Å². The second kappa shape index (κ2) is 9.91. The Balaban J connectivity index is 2.06. The maximum Gasteiger partial charge on any atom is 0.357 e. The van der Waals surface area contributed by atoms with Crippen LogP contribution in [-0.4, -0.2) is 14.3 Å². The average molecular weight is 432 g/mol. The summed E-state index contributed by atoms with van der Waals surface area (Å²) < 4.78 is 12.3. The van der Waals surface area contributed by atoms with Gasteiger partial charge in [0.05, 0.1) is 0 Å². The zero-order valence-electron chi connectivity index (χ0n) is 18.4. The van der Waals surface area contributed by atoms with Crippen molar-refractivity contribution >= 4 is 25.1 Å². The Bertz CT molecular complexity index is 1060. The van der Waals surface area contributed by atoms with Crippen molar-refractivity contribution in [2.24, 2.45) is 0 Å². The van der Waals surface area contributed by atoms with Gasteiger partial charge in [0.25, 0.3) is 5.60 Å². The van der Waals surface area contributed by atoms with Gasteiger partial charge < -0.3 is 9.16 Å². The summed E-state index contributed by atoms with van der Waals surface area (Å²) in [7, 11) is -2.32. The van der Waals surface area contributed by atoms with Gasteiger partial charge in [-0.25, -0.2) is 4.79 Å². The first kappa shape index (κ1) is 22.7. The number of benzene rings is 3. The van der Waals surface area contributed by atoms with E-state index in [0.717, 1.165) is 34.5 Å². The molecule has 5 heteroatoms. The molecule has 3 aromatic carbocycles. The molecule has 0 fully saturated rings. The van der Waals surface area contributed by atoms with E-state index in [4.69, 9.17) is 9.16 Å². The molecule has 0 saturated carbocycles. The summed E-state index contributed by atoms with van der Waals surface area (Å²) in [6.45, 7) is 6.34. The summed E-state index contributed by atoms with van der Waals surface area (Å²) in [6.07, 6.45) is 0. The maximum atomic E-state index is 13.5. The summed E-state index contributed by atoms with van der Waals surface area (Å²) in [4.78, 5) is 13.5. The van der Waals surface area contributed by atoms with E-state index in [1.54, 1.807) is 0 Å². The third-order valence-corrected chi connectivity index (χ3v) is 10.7. The van der Waals surface area contributed by atoms with Crippen molar-refractivity contribution in [2.45, 2.75) is 51.1 Å². The molecule has 0 aromatic heterocycles. The van der Waals surface area contributed by atoms with Gasteiger partial charge in [0, 0.05) is 5.56 Å². The van der Waals surface area contributed by atoms with E-state index in [1.165, 1.54) is 0 Å². The fourth-order valence-corrected chi connectivity index (χ4v) is 6.71. The molecule has 0 radical (unpaired) electrons. The van der Waals surface area contributed by atoms with Crippen molar-refractivity contribution < 1.29 is 14.0 Å². The van der Waals surface area contributed by atoms with Crippen LogP contribution in [0, 0.1) is 11.3 Å². The number of ether oxygens (including phenoxy) is 1. The molecule has 0 N–H and O–H groups in total. The number of nitrogens with zero attached hydrogens (tertiary/aromatic N) is 1. The van der Waals surface area contributed by atoms with Gasteiger partial charge in [0.15, 0.2) is 8.32 Å². The molecule has 4 nitrogen and oxygen atoms in total. The Morgan fingerprint density at radius 2 is 1.52 bits per heavy atom. The molecule has 0 unspecified atom stereocenters. The second-order valence-corrected chi connectivity index (χ2v) is 12.5. The summed E-state index contributed by atoms with van der Waals surface area (Å²) >= 11 is 0. The predicted octanol–water partition coefficient (Wildman–Crippen LogP) is 6.32. The Hall–Kier alpha value is -2.94. The maximum absolute atomic E-state index is 13.5. The molecule has 0 amide bonds. The van der Waals surface area contributed by atoms with E-state index in [1.807, 2.05) is 72.8 Å². The molecule has 0 saturated heterocycles. The highest BCUT2D eigenvalue weighted by Crippen LogP contribution is 2.37. The minimum absolute atomic E-state index is 0.0962. The summed E-state index contributed by atoms with van der Waals surface area (Å²) in [6, 6.07) is 27.7. The van der Waals surface area contributed by atoms with Gasteiger partial charge in [0.1, 0.15) is 12.7 Å². The van der Waals surface area contributed by atoms with Crippen molar-refractivity contribution in [3.8, 4) is 6.07 Å². The molecule has 3 rings (SSSR count). The minimum Gasteiger partial charge on any atom is -0.458 e. The first-order valence-corrected chi connectivity index (χ1v) is 13.4. The predicted molar refractivity (Wildman–Crippen MR) is 126 cm³/mol. The third-order valence-electron chi connectivity index (χ3n) is 6.12. The lowest BCUT2D eigenvalue weighted by Gasteiger charge is -2.37. The van der Waals surface area contributed by atoms with Gasteiger partial charge in [-0.05, 0) is 40.5 Å². The Morgan fingerprint density at radius 3 is 2.13 bits per heavy atom. The highest BCUT2D eigenvalue weighted by Gasteiger charge is 2.50. The van der Waals surface area contributed by atoms with Gasteiger partial charge in [-0.1, -0.05) is 87.5 Å². The molecule has 0 aliphatic carbocycles. The largest absolute Gasteiger partial charge is 0.458 e. The number of carbonyl (C=O) groups is 1. The molecular weight excluding hydrogens is 402 g/mol. The standard InChI is InChI=1S/C26H29NO3Si/c1-4-31(5-2,6-3)30-26(20-27,25(28)29-19-21-12-8-7-9-13-21)24-17-16-22-14-10-11-15-23(22)18-24/h7-18H,4-6,19H2,1-3H3/t26-/m1/s1. The Morgan fingerprint density at radius 1 is 0.903 bits per heavy atom. The average Bonchev–Trinajstić information content (AvgIpc) is 2.84. The molecule has 3 aromatic rings. The van der Waals surface area contributed by atoms with Crippen LogP contribution >= 0.6 is 0 Å². The van der Waals surface area contributed by atoms with Crippen LogP contribution in [0.1, 0.15) is 31.9 Å². The number of esters is 1. The van der Waals surface area contributed by atoms with E-state index in [9.17, 15) is 10.1 Å². The zero-order valence-corrected chi connectivity index (χ0v) is 19.4. The molecular formula is C26H29NO3Si. The molecule has 0 aliphatic rings. The second-order valence-electron chi connectivity index (χ2n) is 7.76. The highest BCUT2D eigenvalue weighted by molar-refractivity contribution is 6.73. The van der Waals surface area contributed by atoms with Crippen LogP contribution in [0.5, 0.6) is 0 Å². The molecule has 0 spiro atoms. The number of hydrogen-bond acceptors (Lipinski definition) is 4. The van der Waals surface area contributed by atoms with E-state index in [0.29, 0.717) is 5.56 Å². The van der Waals surface area contributed by atoms with Crippen LogP contribution < -0.4 is 0 Å². The molecule has 0 aliphatic heterocycles. The summed E-state index contributed by atoms with van der Waals surface area (Å²) in [5.41, 5.74) is -0.391. The molecule has 0 bridgehead atoms. The van der Waals surface area contributed by atoms with Crippen LogP contribution in [0.15, 0.2) is 72.8 Å². The highest BCUT2D eigenvalue weighted by atomic mass is 28.4. The lowest BCUT2D eigenvalue weighted by atomic mass is 9.93. The van der Waals surface area contributed by atoms with E-state index in [-0.39, 0.29) is 6.61 Å². The minimum atomic E-state index is -2.32. The lowest BCUT2D eigenvalue weighted by Crippen LogP contribution is -2.50. The fraction of sp³-hybridized carbons (Fsp3) is 0.308. The smallest absolute Gasteiger partial charge is 0.357 e. The molecule has 31 heavy (non-hydrogen) atoms. The summed E-state index contributed by atoms with van der Waals surface area (Å²) in [5.74, 6) is -0.652. The Labute approximate surface area is 185 Å². The van der Waals surface area contributed by atoms with E-state index >= 15 is 0 Å². The van der Waals surface area contributed by atoms with Gasteiger partial charge in [-0.2, -0.15) is 5.26 Å². The number of carbonyl (C=O) groups excluding carboxylic acids is 1. The van der Waals surface area contributed by atoms with Crippen molar-refractivity contribution in [1.82, 2.24) is 0 Å². The van der Waals surface area contributed by atoms with Crippen LogP contribution in [0.3, 0.4) is 0 Å². The van der Waals surface area contributed by atoms with Crippen LogP contribution in [0.2, 0.25) is 18.1 Å². The number of rotatable bonds is 9. The van der Waals surface area contributed by atoms with Crippen LogP contribution in [-0.2, 0) is 26.2 Å². The van der Waals surface area contributed by atoms with E-state index in [2.05, 4.69) is 26.8 Å². The van der Waals surface area contributed by atoms with Gasteiger partial charge in [-0.15, -0.1) is 0 Å². The van der Waals surface area contributed by atoms with Gasteiger partial charge in [0.2, 0.25) is 0 Å². The van der Waals surface area contributed by atoms with Crippen LogP contribution in [0.4, 0.5) is 0 Å². The number of hydrogen-bond donors (Lipinski definition) is 0. The molecule has 160 valence electrons. The van der Waals surface area contributed by atoms with Crippen molar-refractivity contribution in [3.63, 3.8) is 0 Å². The first-order valence-electron chi connectivity index (χ1n) is 10.8. The monoisotopic (exact) mass is 431 g/mol. The van der Waals surface area contributed by atoms with Crippen molar-refractivity contribution in [1.29, 1.82) is 5.26 Å².